The molecule has 0 aromatic heterocycles. The van der Waals surface area contributed by atoms with Crippen molar-refractivity contribution in [3.63, 3.8) is 0 Å². The summed E-state index contributed by atoms with van der Waals surface area (Å²) in [7, 11) is 0. The average Bonchev–Trinajstić information content (AvgIpc) is 3.33. The van der Waals surface area contributed by atoms with Gasteiger partial charge < -0.3 is 14.4 Å². The molecule has 2 aromatic carbocycles. The predicted molar refractivity (Wildman–Crippen MR) is 103 cm³/mol. The van der Waals surface area contributed by atoms with Gasteiger partial charge >= 0.3 is 0 Å². The van der Waals surface area contributed by atoms with Crippen LogP contribution in [0.2, 0.25) is 0 Å². The van der Waals surface area contributed by atoms with E-state index in [1.165, 1.54) is 6.07 Å². The standard InChI is InChI=1S/C20H21N3O5/c1-2-21(11-14-3-6-18-19(9-14)28-13-27-18)12-20(24)22-8-7-15-10-16(23(25)26)4-5-17(15)22/h3-6,9-10H,2,7-8,11-13H2,1H3. The summed E-state index contributed by atoms with van der Waals surface area (Å²) < 4.78 is 10.8. The lowest BCUT2D eigenvalue weighted by Gasteiger charge is -2.24. The summed E-state index contributed by atoms with van der Waals surface area (Å²) in [6.45, 7) is 4.43. The van der Waals surface area contributed by atoms with E-state index in [-0.39, 0.29) is 24.9 Å². The summed E-state index contributed by atoms with van der Waals surface area (Å²) >= 11 is 0. The average molecular weight is 383 g/mol. The van der Waals surface area contributed by atoms with E-state index in [0.29, 0.717) is 19.5 Å². The molecule has 2 aliphatic rings. The van der Waals surface area contributed by atoms with Gasteiger partial charge in [0.2, 0.25) is 12.7 Å². The molecule has 28 heavy (non-hydrogen) atoms. The summed E-state index contributed by atoms with van der Waals surface area (Å²) in [5.74, 6) is 1.47. The molecule has 0 atom stereocenters. The van der Waals surface area contributed by atoms with Crippen molar-refractivity contribution in [1.82, 2.24) is 4.90 Å². The number of nitrogens with zero attached hydrogens (tertiary/aromatic N) is 3. The van der Waals surface area contributed by atoms with Gasteiger partial charge in [-0.3, -0.25) is 19.8 Å². The van der Waals surface area contributed by atoms with Crippen LogP contribution >= 0.6 is 0 Å². The van der Waals surface area contributed by atoms with E-state index in [1.807, 2.05) is 25.1 Å². The Morgan fingerprint density at radius 3 is 2.82 bits per heavy atom. The zero-order valence-electron chi connectivity index (χ0n) is 15.6. The Balaban J connectivity index is 1.43. The minimum absolute atomic E-state index is 0.00445. The second kappa shape index (κ2) is 7.47. The van der Waals surface area contributed by atoms with Gasteiger partial charge in [0, 0.05) is 30.9 Å². The van der Waals surface area contributed by atoms with Gasteiger partial charge in [0.25, 0.3) is 5.69 Å². The fourth-order valence-electron chi connectivity index (χ4n) is 3.61. The zero-order chi connectivity index (χ0) is 19.7. The van der Waals surface area contributed by atoms with Crippen LogP contribution in [0.15, 0.2) is 36.4 Å². The van der Waals surface area contributed by atoms with E-state index in [2.05, 4.69) is 4.90 Å². The molecule has 0 radical (unpaired) electrons. The van der Waals surface area contributed by atoms with Crippen molar-refractivity contribution in [2.24, 2.45) is 0 Å². The number of non-ortho nitro benzene ring substituents is 1. The monoisotopic (exact) mass is 383 g/mol. The number of hydrogen-bond acceptors (Lipinski definition) is 6. The largest absolute Gasteiger partial charge is 0.454 e. The number of carbonyl (C=O) groups excluding carboxylic acids is 1. The lowest BCUT2D eigenvalue weighted by atomic mass is 10.1. The second-order valence-electron chi connectivity index (χ2n) is 6.86. The minimum Gasteiger partial charge on any atom is -0.454 e. The maximum Gasteiger partial charge on any atom is 0.269 e. The van der Waals surface area contributed by atoms with Crippen LogP contribution in [0, 0.1) is 10.1 Å². The molecular weight excluding hydrogens is 362 g/mol. The van der Waals surface area contributed by atoms with Gasteiger partial charge in [0.1, 0.15) is 0 Å². The van der Waals surface area contributed by atoms with Crippen molar-refractivity contribution >= 4 is 17.3 Å². The molecule has 146 valence electrons. The number of likely N-dealkylation sites (N-methyl/N-ethyl adjacent to an activating group) is 1. The van der Waals surface area contributed by atoms with E-state index in [1.54, 1.807) is 17.0 Å². The maximum atomic E-state index is 12.9. The first-order valence-electron chi connectivity index (χ1n) is 9.23. The number of ether oxygens (including phenoxy) is 2. The predicted octanol–water partition coefficient (Wildman–Crippen LogP) is 2.73. The van der Waals surface area contributed by atoms with Crippen molar-refractivity contribution in [3.8, 4) is 11.5 Å². The Kier molecular flexibility index (Phi) is 4.87. The van der Waals surface area contributed by atoms with E-state index >= 15 is 0 Å². The summed E-state index contributed by atoms with van der Waals surface area (Å²) in [5.41, 5.74) is 2.73. The van der Waals surface area contributed by atoms with Crippen molar-refractivity contribution in [2.45, 2.75) is 19.9 Å². The number of nitro groups is 1. The number of hydrogen-bond donors (Lipinski definition) is 0. The molecule has 2 heterocycles. The van der Waals surface area contributed by atoms with Crippen molar-refractivity contribution in [2.75, 3.05) is 31.3 Å². The van der Waals surface area contributed by atoms with Gasteiger partial charge in [-0.25, -0.2) is 0 Å². The normalized spacial score (nSPS) is 14.4. The zero-order valence-corrected chi connectivity index (χ0v) is 15.6. The number of amides is 1. The Bertz CT molecular complexity index is 930. The van der Waals surface area contributed by atoms with Crippen molar-refractivity contribution in [3.05, 3.63) is 57.6 Å². The fourth-order valence-corrected chi connectivity index (χ4v) is 3.61. The number of rotatable bonds is 6. The molecule has 4 rings (SSSR count). The van der Waals surface area contributed by atoms with Crippen LogP contribution in [0.3, 0.4) is 0 Å². The van der Waals surface area contributed by atoms with Crippen molar-refractivity contribution < 1.29 is 19.2 Å². The lowest BCUT2D eigenvalue weighted by molar-refractivity contribution is -0.384. The Morgan fingerprint density at radius 1 is 1.21 bits per heavy atom. The molecule has 8 nitrogen and oxygen atoms in total. The van der Waals surface area contributed by atoms with Gasteiger partial charge in [-0.2, -0.15) is 0 Å². The van der Waals surface area contributed by atoms with Crippen LogP contribution in [0.1, 0.15) is 18.1 Å². The first kappa shape index (κ1) is 18.2. The van der Waals surface area contributed by atoms with Crippen LogP contribution in [0.25, 0.3) is 0 Å². The van der Waals surface area contributed by atoms with E-state index < -0.39 is 4.92 Å². The quantitative estimate of drug-likeness (QED) is 0.563. The number of benzene rings is 2. The van der Waals surface area contributed by atoms with E-state index in [0.717, 1.165) is 34.9 Å². The SMILES string of the molecule is CCN(CC(=O)N1CCc2cc([N+](=O)[O-])ccc21)Cc1ccc2c(c1)OCO2. The second-order valence-corrected chi connectivity index (χ2v) is 6.86. The summed E-state index contributed by atoms with van der Waals surface area (Å²) in [5, 5.41) is 10.9. The highest BCUT2D eigenvalue weighted by molar-refractivity contribution is 5.97. The van der Waals surface area contributed by atoms with Gasteiger partial charge in [-0.1, -0.05) is 13.0 Å². The third-order valence-corrected chi connectivity index (χ3v) is 5.12. The van der Waals surface area contributed by atoms with E-state index in [4.69, 9.17) is 9.47 Å². The van der Waals surface area contributed by atoms with Gasteiger partial charge in [-0.05, 0) is 42.3 Å². The van der Waals surface area contributed by atoms with Gasteiger partial charge in [-0.15, -0.1) is 0 Å². The third kappa shape index (κ3) is 3.50. The fraction of sp³-hybridized carbons (Fsp3) is 0.350. The smallest absolute Gasteiger partial charge is 0.269 e. The summed E-state index contributed by atoms with van der Waals surface area (Å²) in [6, 6.07) is 10.5. The number of carbonyl (C=O) groups is 1. The summed E-state index contributed by atoms with van der Waals surface area (Å²) in [6.07, 6.45) is 0.636. The first-order chi connectivity index (χ1) is 13.5. The van der Waals surface area contributed by atoms with Gasteiger partial charge in [0.05, 0.1) is 11.5 Å². The molecule has 0 unspecified atom stereocenters. The van der Waals surface area contributed by atoms with Crippen molar-refractivity contribution in [1.29, 1.82) is 0 Å². The molecule has 0 spiro atoms. The Hall–Kier alpha value is -3.13. The molecule has 0 aliphatic carbocycles. The minimum atomic E-state index is -0.408. The molecule has 1 amide bonds. The molecule has 2 aliphatic heterocycles. The Morgan fingerprint density at radius 2 is 2.04 bits per heavy atom. The van der Waals surface area contributed by atoms with Crippen LogP contribution in [0.5, 0.6) is 11.5 Å². The van der Waals surface area contributed by atoms with Crippen LogP contribution < -0.4 is 14.4 Å². The van der Waals surface area contributed by atoms with Gasteiger partial charge in [0.15, 0.2) is 11.5 Å². The molecule has 0 N–H and O–H groups in total. The molecule has 0 bridgehead atoms. The number of fused-ring (bicyclic) bond motifs is 2. The molecule has 2 aromatic rings. The van der Waals surface area contributed by atoms with Crippen LogP contribution in [-0.2, 0) is 17.8 Å². The summed E-state index contributed by atoms with van der Waals surface area (Å²) in [4.78, 5) is 27.2. The highest BCUT2D eigenvalue weighted by Gasteiger charge is 2.27. The topological polar surface area (TPSA) is 85.2 Å². The molecule has 8 heteroatoms. The highest BCUT2D eigenvalue weighted by atomic mass is 16.7. The lowest BCUT2D eigenvalue weighted by Crippen LogP contribution is -2.39. The molecule has 0 saturated carbocycles. The maximum absolute atomic E-state index is 12.9. The van der Waals surface area contributed by atoms with Crippen LogP contribution in [-0.4, -0.2) is 42.2 Å². The van der Waals surface area contributed by atoms with Crippen LogP contribution in [0.4, 0.5) is 11.4 Å². The van der Waals surface area contributed by atoms with E-state index in [9.17, 15) is 14.9 Å². The molecule has 0 fully saturated rings. The highest BCUT2D eigenvalue weighted by Crippen LogP contribution is 2.33. The third-order valence-electron chi connectivity index (χ3n) is 5.12. The first-order valence-corrected chi connectivity index (χ1v) is 9.23. The molecular formula is C20H21N3O5. The number of anilines is 1. The Labute approximate surface area is 162 Å². The molecule has 0 saturated heterocycles. The number of nitro benzene ring substituents is 1.